The quantitative estimate of drug-likeness (QED) is 0.681. The van der Waals surface area contributed by atoms with Gasteiger partial charge < -0.3 is 15.4 Å². The Balaban J connectivity index is 1.64. The van der Waals surface area contributed by atoms with Crippen molar-refractivity contribution >= 4 is 29.1 Å². The van der Waals surface area contributed by atoms with Crippen molar-refractivity contribution in [2.24, 2.45) is 10.7 Å². The van der Waals surface area contributed by atoms with E-state index in [1.165, 1.54) is 15.3 Å². The maximum atomic E-state index is 6.10. The average Bonchev–Trinajstić information content (AvgIpc) is 3.09. The molecule has 3 rings (SSSR count). The summed E-state index contributed by atoms with van der Waals surface area (Å²) < 4.78 is 5.20. The SMILES string of the molecule is COc1ccc(-c2ccc(CN=C(N)N3CCSCC3)s2)cc1. The number of hydrogen-bond acceptors (Lipinski definition) is 4. The maximum Gasteiger partial charge on any atom is 0.191 e. The molecule has 122 valence electrons. The second-order valence-electron chi connectivity index (χ2n) is 5.27. The molecule has 0 amide bonds. The Bertz CT molecular complexity index is 661. The number of aliphatic imine (C=N–C) groups is 1. The van der Waals surface area contributed by atoms with Gasteiger partial charge in [0.05, 0.1) is 13.7 Å². The van der Waals surface area contributed by atoms with Gasteiger partial charge in [0.25, 0.3) is 0 Å². The Kier molecular flexibility index (Phi) is 5.46. The Labute approximate surface area is 145 Å². The van der Waals surface area contributed by atoms with Crippen LogP contribution in [0, 0.1) is 0 Å². The maximum absolute atomic E-state index is 6.10. The summed E-state index contributed by atoms with van der Waals surface area (Å²) in [4.78, 5) is 9.20. The number of hydrogen-bond donors (Lipinski definition) is 1. The van der Waals surface area contributed by atoms with Gasteiger partial charge in [0.15, 0.2) is 5.96 Å². The first kappa shape index (κ1) is 16.2. The molecule has 0 aliphatic carbocycles. The van der Waals surface area contributed by atoms with Crippen LogP contribution in [0.5, 0.6) is 5.75 Å². The van der Waals surface area contributed by atoms with Crippen LogP contribution in [0.15, 0.2) is 41.4 Å². The third-order valence-corrected chi connectivity index (χ3v) is 5.83. The number of rotatable bonds is 4. The minimum atomic E-state index is 0.649. The first-order valence-electron chi connectivity index (χ1n) is 7.62. The van der Waals surface area contributed by atoms with Crippen LogP contribution >= 0.6 is 23.1 Å². The third-order valence-electron chi connectivity index (χ3n) is 3.77. The summed E-state index contributed by atoms with van der Waals surface area (Å²) in [5, 5.41) is 0. The lowest BCUT2D eigenvalue weighted by molar-refractivity contribution is 0.415. The predicted octanol–water partition coefficient (Wildman–Crippen LogP) is 3.29. The summed E-state index contributed by atoms with van der Waals surface area (Å²) in [5.74, 6) is 3.82. The number of thiophene rings is 1. The summed E-state index contributed by atoms with van der Waals surface area (Å²) in [7, 11) is 1.68. The smallest absolute Gasteiger partial charge is 0.191 e. The first-order chi connectivity index (χ1) is 11.3. The number of methoxy groups -OCH3 is 1. The van der Waals surface area contributed by atoms with Gasteiger partial charge in [0, 0.05) is 34.3 Å². The van der Waals surface area contributed by atoms with Crippen LogP contribution in [0.4, 0.5) is 0 Å². The molecular formula is C17H21N3OS2. The highest BCUT2D eigenvalue weighted by Gasteiger charge is 2.12. The van der Waals surface area contributed by atoms with Crippen LogP contribution in [0.2, 0.25) is 0 Å². The topological polar surface area (TPSA) is 50.9 Å². The second-order valence-corrected chi connectivity index (χ2v) is 7.66. The number of thioether (sulfide) groups is 1. The van der Waals surface area contributed by atoms with E-state index in [1.54, 1.807) is 18.4 Å². The van der Waals surface area contributed by atoms with Crippen LogP contribution in [-0.2, 0) is 6.54 Å². The van der Waals surface area contributed by atoms with Crippen LogP contribution < -0.4 is 10.5 Å². The molecule has 4 nitrogen and oxygen atoms in total. The van der Waals surface area contributed by atoms with E-state index in [2.05, 4.69) is 34.2 Å². The van der Waals surface area contributed by atoms with Crippen molar-refractivity contribution in [2.75, 3.05) is 31.7 Å². The number of benzene rings is 1. The van der Waals surface area contributed by atoms with E-state index in [-0.39, 0.29) is 0 Å². The minimum absolute atomic E-state index is 0.649. The molecule has 0 saturated carbocycles. The van der Waals surface area contributed by atoms with Gasteiger partial charge in [-0.3, -0.25) is 0 Å². The van der Waals surface area contributed by atoms with Crippen LogP contribution in [0.1, 0.15) is 4.88 Å². The van der Waals surface area contributed by atoms with Crippen molar-refractivity contribution < 1.29 is 4.74 Å². The van der Waals surface area contributed by atoms with E-state index in [0.29, 0.717) is 12.5 Å². The monoisotopic (exact) mass is 347 g/mol. The Morgan fingerprint density at radius 2 is 1.91 bits per heavy atom. The highest BCUT2D eigenvalue weighted by molar-refractivity contribution is 7.99. The highest BCUT2D eigenvalue weighted by Crippen LogP contribution is 2.29. The Morgan fingerprint density at radius 1 is 1.17 bits per heavy atom. The normalized spacial score (nSPS) is 15.7. The van der Waals surface area contributed by atoms with Gasteiger partial charge in [-0.2, -0.15) is 11.8 Å². The van der Waals surface area contributed by atoms with Gasteiger partial charge in [0.2, 0.25) is 0 Å². The standard InChI is InChI=1S/C17H21N3OS2/c1-21-14-4-2-13(3-5-14)16-7-6-15(23-16)12-19-17(18)20-8-10-22-11-9-20/h2-7H,8-12H2,1H3,(H2,18,19). The molecular weight excluding hydrogens is 326 g/mol. The molecule has 6 heteroatoms. The predicted molar refractivity (Wildman–Crippen MR) is 101 cm³/mol. The van der Waals surface area contributed by atoms with Crippen molar-refractivity contribution in [3.8, 4) is 16.2 Å². The first-order valence-corrected chi connectivity index (χ1v) is 9.59. The zero-order chi connectivity index (χ0) is 16.1. The molecule has 23 heavy (non-hydrogen) atoms. The fourth-order valence-electron chi connectivity index (χ4n) is 2.42. The highest BCUT2D eigenvalue weighted by atomic mass is 32.2. The van der Waals surface area contributed by atoms with Crippen molar-refractivity contribution in [1.29, 1.82) is 0 Å². The molecule has 0 bridgehead atoms. The van der Waals surface area contributed by atoms with Crippen LogP contribution in [-0.4, -0.2) is 42.6 Å². The fraction of sp³-hybridized carbons (Fsp3) is 0.353. The van der Waals surface area contributed by atoms with Crippen LogP contribution in [0.25, 0.3) is 10.4 Å². The fourth-order valence-corrected chi connectivity index (χ4v) is 4.27. The summed E-state index contributed by atoms with van der Waals surface area (Å²) in [5.41, 5.74) is 7.30. The van der Waals surface area contributed by atoms with Gasteiger partial charge in [-0.25, -0.2) is 4.99 Å². The molecule has 1 saturated heterocycles. The van der Waals surface area contributed by atoms with E-state index < -0.39 is 0 Å². The van der Waals surface area contributed by atoms with Gasteiger partial charge in [-0.1, -0.05) is 0 Å². The van der Waals surface area contributed by atoms with Crippen molar-refractivity contribution in [1.82, 2.24) is 4.90 Å². The number of nitrogens with zero attached hydrogens (tertiary/aromatic N) is 2. The van der Waals surface area contributed by atoms with E-state index >= 15 is 0 Å². The Hall–Kier alpha value is -1.66. The summed E-state index contributed by atoms with van der Waals surface area (Å²) in [6.07, 6.45) is 0. The van der Waals surface area contributed by atoms with Gasteiger partial charge in [-0.15, -0.1) is 11.3 Å². The van der Waals surface area contributed by atoms with Crippen molar-refractivity contribution in [3.63, 3.8) is 0 Å². The molecule has 0 atom stereocenters. The molecule has 0 unspecified atom stereocenters. The summed E-state index contributed by atoms with van der Waals surface area (Å²) in [6.45, 7) is 2.65. The lowest BCUT2D eigenvalue weighted by Gasteiger charge is -2.27. The van der Waals surface area contributed by atoms with Gasteiger partial charge in [-0.05, 0) is 42.0 Å². The molecule has 1 fully saturated rings. The lowest BCUT2D eigenvalue weighted by Crippen LogP contribution is -2.42. The Morgan fingerprint density at radius 3 is 2.61 bits per heavy atom. The molecule has 1 aliphatic heterocycles. The molecule has 1 aromatic heterocycles. The number of ether oxygens (including phenoxy) is 1. The molecule has 1 aromatic carbocycles. The lowest BCUT2D eigenvalue weighted by atomic mass is 10.2. The average molecular weight is 348 g/mol. The molecule has 2 N–H and O–H groups in total. The van der Waals surface area contributed by atoms with E-state index in [9.17, 15) is 0 Å². The van der Waals surface area contributed by atoms with Gasteiger partial charge >= 0.3 is 0 Å². The molecule has 0 radical (unpaired) electrons. The largest absolute Gasteiger partial charge is 0.497 e. The van der Waals surface area contributed by atoms with E-state index in [1.807, 2.05) is 23.9 Å². The number of nitrogens with two attached hydrogens (primary N) is 1. The minimum Gasteiger partial charge on any atom is -0.497 e. The number of guanidine groups is 1. The molecule has 2 heterocycles. The molecule has 2 aromatic rings. The van der Waals surface area contributed by atoms with E-state index in [4.69, 9.17) is 10.5 Å². The van der Waals surface area contributed by atoms with Gasteiger partial charge in [0.1, 0.15) is 5.75 Å². The van der Waals surface area contributed by atoms with Crippen LogP contribution in [0.3, 0.4) is 0 Å². The third kappa shape index (κ3) is 4.20. The summed E-state index contributed by atoms with van der Waals surface area (Å²) >= 11 is 3.74. The molecule has 0 spiro atoms. The van der Waals surface area contributed by atoms with E-state index in [0.717, 1.165) is 30.3 Å². The zero-order valence-corrected chi connectivity index (χ0v) is 14.8. The van der Waals surface area contributed by atoms with Crippen molar-refractivity contribution in [2.45, 2.75) is 6.54 Å². The second kappa shape index (κ2) is 7.75. The molecule has 1 aliphatic rings. The summed E-state index contributed by atoms with van der Waals surface area (Å²) in [6, 6.07) is 12.4. The van der Waals surface area contributed by atoms with Crippen molar-refractivity contribution in [3.05, 3.63) is 41.3 Å². The zero-order valence-electron chi connectivity index (χ0n) is 13.2.